The molecule has 1 saturated heterocycles. The second-order valence-electron chi connectivity index (χ2n) is 5.95. The number of hydrogen-bond donors (Lipinski definition) is 4. The first-order valence-corrected chi connectivity index (χ1v) is 7.69. The molecule has 1 aromatic carbocycles. The van der Waals surface area contributed by atoms with Crippen molar-refractivity contribution >= 4 is 0 Å². The maximum atomic E-state index is 9.98. The van der Waals surface area contributed by atoms with E-state index in [0.29, 0.717) is 5.75 Å². The van der Waals surface area contributed by atoms with Crippen molar-refractivity contribution in [2.75, 3.05) is 6.61 Å². The van der Waals surface area contributed by atoms with Crippen LogP contribution in [0.25, 0.3) is 0 Å². The zero-order valence-corrected chi connectivity index (χ0v) is 12.3. The second kappa shape index (κ2) is 6.52. The average molecular weight is 310 g/mol. The van der Waals surface area contributed by atoms with E-state index in [9.17, 15) is 20.4 Å². The van der Waals surface area contributed by atoms with Gasteiger partial charge in [0.05, 0.1) is 6.61 Å². The number of aryl methyl sites for hydroxylation is 2. The minimum absolute atomic E-state index is 0.463. The van der Waals surface area contributed by atoms with E-state index in [2.05, 4.69) is 0 Å². The third-order valence-electron chi connectivity index (χ3n) is 4.42. The Labute approximate surface area is 128 Å². The monoisotopic (exact) mass is 310 g/mol. The fourth-order valence-corrected chi connectivity index (χ4v) is 3.08. The summed E-state index contributed by atoms with van der Waals surface area (Å²) < 4.78 is 11.0. The molecule has 1 aromatic rings. The van der Waals surface area contributed by atoms with Gasteiger partial charge in [0.15, 0.2) is 0 Å². The fraction of sp³-hybridized carbons (Fsp3) is 0.625. The first-order valence-electron chi connectivity index (χ1n) is 7.69. The summed E-state index contributed by atoms with van der Waals surface area (Å²) in [5, 5.41) is 38.7. The summed E-state index contributed by atoms with van der Waals surface area (Å²) in [4.78, 5) is 0. The number of ether oxygens (including phenoxy) is 2. The number of aliphatic hydroxyl groups excluding tert-OH is 4. The standard InChI is InChI=1S/C16H22O6/c17-8-12-13(18)14(19)15(20)16(22-12)21-11-6-5-9-3-1-2-4-10(9)7-11/h5-7,12-20H,1-4,8H2/t12-,13-,14+,15-,16-/m1/s1. The molecule has 0 spiro atoms. The van der Waals surface area contributed by atoms with Gasteiger partial charge in [-0.1, -0.05) is 6.07 Å². The first kappa shape index (κ1) is 15.7. The molecule has 0 amide bonds. The van der Waals surface area contributed by atoms with Gasteiger partial charge in [-0.3, -0.25) is 0 Å². The first-order chi connectivity index (χ1) is 10.6. The third kappa shape index (κ3) is 2.98. The molecule has 6 heteroatoms. The minimum Gasteiger partial charge on any atom is -0.462 e. The van der Waals surface area contributed by atoms with Gasteiger partial charge >= 0.3 is 0 Å². The van der Waals surface area contributed by atoms with Crippen LogP contribution in [0.5, 0.6) is 5.75 Å². The highest BCUT2D eigenvalue weighted by molar-refractivity contribution is 5.37. The zero-order valence-electron chi connectivity index (χ0n) is 12.3. The number of aliphatic hydroxyl groups is 4. The summed E-state index contributed by atoms with van der Waals surface area (Å²) in [5.74, 6) is 0.546. The van der Waals surface area contributed by atoms with Crippen LogP contribution < -0.4 is 4.74 Å². The Hall–Kier alpha value is -1.18. The van der Waals surface area contributed by atoms with Crippen LogP contribution in [-0.2, 0) is 17.6 Å². The molecule has 22 heavy (non-hydrogen) atoms. The minimum atomic E-state index is -1.42. The number of fused-ring (bicyclic) bond motifs is 1. The van der Waals surface area contributed by atoms with Crippen LogP contribution in [-0.4, -0.2) is 57.7 Å². The molecule has 3 rings (SSSR count). The predicted molar refractivity (Wildman–Crippen MR) is 77.5 cm³/mol. The molecule has 1 aliphatic carbocycles. The molecule has 2 aliphatic rings. The Bertz CT molecular complexity index is 517. The van der Waals surface area contributed by atoms with E-state index in [0.717, 1.165) is 19.3 Å². The molecule has 1 aliphatic heterocycles. The molecule has 4 N–H and O–H groups in total. The Kier molecular flexibility index (Phi) is 4.65. The smallest absolute Gasteiger partial charge is 0.229 e. The van der Waals surface area contributed by atoms with Gasteiger partial charge in [0.2, 0.25) is 6.29 Å². The summed E-state index contributed by atoms with van der Waals surface area (Å²) >= 11 is 0. The van der Waals surface area contributed by atoms with Crippen LogP contribution in [0.15, 0.2) is 18.2 Å². The molecule has 0 radical (unpaired) electrons. The number of rotatable bonds is 3. The number of benzene rings is 1. The topological polar surface area (TPSA) is 99.4 Å². The highest BCUT2D eigenvalue weighted by Gasteiger charge is 2.44. The van der Waals surface area contributed by atoms with Crippen LogP contribution >= 0.6 is 0 Å². The maximum Gasteiger partial charge on any atom is 0.229 e. The molecule has 1 heterocycles. The van der Waals surface area contributed by atoms with Gasteiger partial charge in [0.25, 0.3) is 0 Å². The van der Waals surface area contributed by atoms with E-state index >= 15 is 0 Å². The SMILES string of the molecule is OC[C@H]1O[C@@H](Oc2ccc3c(c2)CCCC3)[C@H](O)[C@@H](O)[C@@H]1O. The van der Waals surface area contributed by atoms with Crippen molar-refractivity contribution in [2.45, 2.75) is 56.4 Å². The molecule has 1 fully saturated rings. The van der Waals surface area contributed by atoms with E-state index in [1.54, 1.807) is 0 Å². The fourth-order valence-electron chi connectivity index (χ4n) is 3.08. The van der Waals surface area contributed by atoms with E-state index in [4.69, 9.17) is 9.47 Å². The highest BCUT2D eigenvalue weighted by atomic mass is 16.7. The predicted octanol–water partition coefficient (Wildman–Crippen LogP) is -0.256. The maximum absolute atomic E-state index is 9.98. The van der Waals surface area contributed by atoms with Gasteiger partial charge in [-0.15, -0.1) is 0 Å². The van der Waals surface area contributed by atoms with Crippen LogP contribution in [0, 0.1) is 0 Å². The van der Waals surface area contributed by atoms with E-state index in [-0.39, 0.29) is 0 Å². The Morgan fingerprint density at radius 1 is 1.00 bits per heavy atom. The summed E-state index contributed by atoms with van der Waals surface area (Å²) in [6, 6.07) is 5.75. The summed E-state index contributed by atoms with van der Waals surface area (Å²) in [6.45, 7) is -0.463. The van der Waals surface area contributed by atoms with E-state index in [1.807, 2.05) is 18.2 Å². The van der Waals surface area contributed by atoms with Gasteiger partial charge < -0.3 is 29.9 Å². The van der Waals surface area contributed by atoms with Crippen LogP contribution in [0.3, 0.4) is 0 Å². The quantitative estimate of drug-likeness (QED) is 0.614. The van der Waals surface area contributed by atoms with Crippen molar-refractivity contribution in [3.63, 3.8) is 0 Å². The lowest BCUT2D eigenvalue weighted by molar-refractivity contribution is -0.277. The van der Waals surface area contributed by atoms with E-state index in [1.165, 1.54) is 17.5 Å². The number of hydrogen-bond acceptors (Lipinski definition) is 6. The Morgan fingerprint density at radius 3 is 2.45 bits per heavy atom. The molecule has 0 aromatic heterocycles. The van der Waals surface area contributed by atoms with Crippen LogP contribution in [0.4, 0.5) is 0 Å². The molecule has 0 unspecified atom stereocenters. The highest BCUT2D eigenvalue weighted by Crippen LogP contribution is 2.28. The van der Waals surface area contributed by atoms with Gasteiger partial charge in [-0.05, 0) is 48.9 Å². The molecule has 0 saturated carbocycles. The van der Waals surface area contributed by atoms with Crippen molar-refractivity contribution in [1.29, 1.82) is 0 Å². The summed E-state index contributed by atoms with van der Waals surface area (Å²) in [6.07, 6.45) is -1.85. The van der Waals surface area contributed by atoms with Crippen molar-refractivity contribution in [2.24, 2.45) is 0 Å². The Morgan fingerprint density at radius 2 is 1.73 bits per heavy atom. The lowest BCUT2D eigenvalue weighted by atomic mass is 9.92. The van der Waals surface area contributed by atoms with Gasteiger partial charge in [-0.25, -0.2) is 0 Å². The van der Waals surface area contributed by atoms with Crippen molar-refractivity contribution in [3.05, 3.63) is 29.3 Å². The van der Waals surface area contributed by atoms with Crippen molar-refractivity contribution in [1.82, 2.24) is 0 Å². The Balaban J connectivity index is 1.74. The average Bonchev–Trinajstić information content (AvgIpc) is 2.55. The van der Waals surface area contributed by atoms with Crippen LogP contribution in [0.1, 0.15) is 24.0 Å². The van der Waals surface area contributed by atoms with Gasteiger partial charge in [-0.2, -0.15) is 0 Å². The molecule has 5 atom stereocenters. The largest absolute Gasteiger partial charge is 0.462 e. The molecular weight excluding hydrogens is 288 g/mol. The molecule has 122 valence electrons. The lowest BCUT2D eigenvalue weighted by Gasteiger charge is -2.39. The summed E-state index contributed by atoms with van der Waals surface area (Å²) in [7, 11) is 0. The van der Waals surface area contributed by atoms with Crippen LogP contribution in [0.2, 0.25) is 0 Å². The molecule has 6 nitrogen and oxygen atoms in total. The second-order valence-corrected chi connectivity index (χ2v) is 5.95. The van der Waals surface area contributed by atoms with E-state index < -0.39 is 37.3 Å². The third-order valence-corrected chi connectivity index (χ3v) is 4.42. The molecular formula is C16H22O6. The van der Waals surface area contributed by atoms with Crippen molar-refractivity contribution < 1.29 is 29.9 Å². The summed E-state index contributed by atoms with van der Waals surface area (Å²) in [5.41, 5.74) is 2.54. The normalized spacial score (nSPS) is 35.0. The zero-order chi connectivity index (χ0) is 15.7. The van der Waals surface area contributed by atoms with Gasteiger partial charge in [0, 0.05) is 0 Å². The molecule has 0 bridgehead atoms. The van der Waals surface area contributed by atoms with Crippen molar-refractivity contribution in [3.8, 4) is 5.75 Å². The lowest BCUT2D eigenvalue weighted by Crippen LogP contribution is -2.60. The van der Waals surface area contributed by atoms with Gasteiger partial charge in [0.1, 0.15) is 30.2 Å².